The smallest absolute Gasteiger partial charge is 0.335 e. The third-order valence-corrected chi connectivity index (χ3v) is 7.70. The van der Waals surface area contributed by atoms with Crippen molar-refractivity contribution in [3.8, 4) is 5.75 Å². The van der Waals surface area contributed by atoms with Crippen LogP contribution in [-0.4, -0.2) is 97.6 Å². The van der Waals surface area contributed by atoms with Crippen LogP contribution in [0.3, 0.4) is 0 Å². The highest BCUT2D eigenvalue weighted by atomic mass is 16.5. The average Bonchev–Trinajstić information content (AvgIpc) is 2.94. The molecule has 0 spiro atoms. The minimum absolute atomic E-state index is 0.0203. The summed E-state index contributed by atoms with van der Waals surface area (Å²) in [6.07, 6.45) is 2.48. The molecular formula is C32H47N3O6. The molecule has 2 N–H and O–H groups in total. The Morgan fingerprint density at radius 3 is 2.44 bits per heavy atom. The number of aliphatic hydroxyl groups is 1. The van der Waals surface area contributed by atoms with E-state index in [1.807, 2.05) is 70.2 Å². The average molecular weight is 570 g/mol. The van der Waals surface area contributed by atoms with E-state index in [0.717, 1.165) is 30.5 Å². The minimum Gasteiger partial charge on any atom is -0.490 e. The maximum atomic E-state index is 14.1. The van der Waals surface area contributed by atoms with E-state index in [1.165, 1.54) is 0 Å². The molecule has 1 aliphatic rings. The van der Waals surface area contributed by atoms with Gasteiger partial charge < -0.3 is 29.5 Å². The Labute approximate surface area is 244 Å². The van der Waals surface area contributed by atoms with Crippen LogP contribution in [0.25, 0.3) is 0 Å². The number of ether oxygens (including phenoxy) is 2. The van der Waals surface area contributed by atoms with Crippen molar-refractivity contribution in [3.63, 3.8) is 0 Å². The molecule has 0 saturated heterocycles. The molecule has 1 amide bonds. The fraction of sp³-hybridized carbons (Fsp3) is 0.562. The molecule has 4 atom stereocenters. The van der Waals surface area contributed by atoms with Gasteiger partial charge in [-0.2, -0.15) is 0 Å². The van der Waals surface area contributed by atoms with Gasteiger partial charge in [0.05, 0.1) is 36.0 Å². The third-order valence-electron chi connectivity index (χ3n) is 7.70. The first-order valence-corrected chi connectivity index (χ1v) is 14.5. The molecule has 9 nitrogen and oxygen atoms in total. The molecule has 1 heterocycles. The second kappa shape index (κ2) is 15.2. The summed E-state index contributed by atoms with van der Waals surface area (Å²) in [4.78, 5) is 31.2. The molecule has 41 heavy (non-hydrogen) atoms. The van der Waals surface area contributed by atoms with E-state index >= 15 is 0 Å². The van der Waals surface area contributed by atoms with Gasteiger partial charge in [-0.15, -0.1) is 0 Å². The van der Waals surface area contributed by atoms with Crippen molar-refractivity contribution in [1.29, 1.82) is 0 Å². The summed E-state index contributed by atoms with van der Waals surface area (Å²) in [6.45, 7) is 8.11. The first-order valence-electron chi connectivity index (χ1n) is 14.5. The molecule has 1 aliphatic heterocycles. The van der Waals surface area contributed by atoms with Crippen molar-refractivity contribution in [2.75, 3.05) is 52.3 Å². The first-order chi connectivity index (χ1) is 19.5. The van der Waals surface area contributed by atoms with Gasteiger partial charge in [-0.25, -0.2) is 4.79 Å². The second-order valence-electron chi connectivity index (χ2n) is 11.6. The number of carboxylic acids is 1. The van der Waals surface area contributed by atoms with Crippen LogP contribution in [0.4, 0.5) is 5.69 Å². The maximum absolute atomic E-state index is 14.1. The van der Waals surface area contributed by atoms with Crippen LogP contribution in [-0.2, 0) is 11.3 Å². The quantitative estimate of drug-likeness (QED) is 0.483. The highest BCUT2D eigenvalue weighted by Crippen LogP contribution is 2.29. The second-order valence-corrected chi connectivity index (χ2v) is 11.6. The molecule has 226 valence electrons. The summed E-state index contributed by atoms with van der Waals surface area (Å²) >= 11 is 0. The first kappa shape index (κ1) is 32.4. The Hall–Kier alpha value is -3.14. The lowest BCUT2D eigenvalue weighted by Crippen LogP contribution is -2.47. The van der Waals surface area contributed by atoms with Crippen LogP contribution >= 0.6 is 0 Å². The number of aromatic carboxylic acids is 1. The van der Waals surface area contributed by atoms with E-state index in [2.05, 4.69) is 11.8 Å². The lowest BCUT2D eigenvalue weighted by atomic mass is 10.0. The lowest BCUT2D eigenvalue weighted by Gasteiger charge is -2.36. The van der Waals surface area contributed by atoms with Crippen molar-refractivity contribution >= 4 is 17.6 Å². The monoisotopic (exact) mass is 569 g/mol. The molecule has 2 aromatic rings. The van der Waals surface area contributed by atoms with E-state index in [1.54, 1.807) is 17.0 Å². The van der Waals surface area contributed by atoms with Gasteiger partial charge in [0.1, 0.15) is 5.75 Å². The van der Waals surface area contributed by atoms with Crippen molar-refractivity contribution in [3.05, 3.63) is 59.2 Å². The zero-order chi connectivity index (χ0) is 30.1. The van der Waals surface area contributed by atoms with Gasteiger partial charge in [-0.1, -0.05) is 19.1 Å². The van der Waals surface area contributed by atoms with Crippen molar-refractivity contribution in [1.82, 2.24) is 9.80 Å². The topological polar surface area (TPSA) is 103 Å². The van der Waals surface area contributed by atoms with Gasteiger partial charge in [0, 0.05) is 51.9 Å². The number of amides is 1. The molecule has 0 bridgehead atoms. The van der Waals surface area contributed by atoms with Crippen LogP contribution in [0.5, 0.6) is 5.75 Å². The standard InChI is InChI=1S/C32H47N3O6/c1-22-18-35(23(2)21-36)31(37)28-17-27(33(4)5)14-15-29(28)41-24(3)9-7-8-16-40-30(22)20-34(6)19-25-10-12-26(13-11-25)32(38)39/h10-15,17,22-24,30,36H,7-9,16,18-21H2,1-6H3,(H,38,39)/t22-,23-,24+,30+/m0/s1. The molecule has 0 radical (unpaired) electrons. The Morgan fingerprint density at radius 1 is 1.10 bits per heavy atom. The minimum atomic E-state index is -0.940. The van der Waals surface area contributed by atoms with Crippen LogP contribution in [0, 0.1) is 5.92 Å². The maximum Gasteiger partial charge on any atom is 0.335 e. The third kappa shape index (κ3) is 9.18. The number of carbonyl (C=O) groups excluding carboxylic acids is 1. The van der Waals surface area contributed by atoms with Crippen LogP contribution < -0.4 is 9.64 Å². The Bertz CT molecular complexity index is 1140. The van der Waals surface area contributed by atoms with Gasteiger partial charge >= 0.3 is 5.97 Å². The Morgan fingerprint density at radius 2 is 1.80 bits per heavy atom. The zero-order valence-electron chi connectivity index (χ0n) is 25.4. The number of anilines is 1. The number of benzene rings is 2. The summed E-state index contributed by atoms with van der Waals surface area (Å²) in [6, 6.07) is 12.2. The Balaban J connectivity index is 1.87. The number of aliphatic hydroxyl groups excluding tert-OH is 1. The van der Waals surface area contributed by atoms with Gasteiger partial charge in [0.2, 0.25) is 0 Å². The molecule has 0 aliphatic carbocycles. The van der Waals surface area contributed by atoms with E-state index < -0.39 is 12.0 Å². The predicted octanol–water partition coefficient (Wildman–Crippen LogP) is 4.38. The van der Waals surface area contributed by atoms with E-state index in [4.69, 9.17) is 9.47 Å². The fourth-order valence-corrected chi connectivity index (χ4v) is 5.09. The van der Waals surface area contributed by atoms with E-state index in [0.29, 0.717) is 37.6 Å². The molecule has 0 fully saturated rings. The number of hydrogen-bond donors (Lipinski definition) is 2. The summed E-state index contributed by atoms with van der Waals surface area (Å²) in [7, 11) is 5.89. The number of nitrogens with zero attached hydrogens (tertiary/aromatic N) is 3. The number of likely N-dealkylation sites (N-methyl/N-ethyl adjacent to an activating group) is 1. The number of hydrogen-bond acceptors (Lipinski definition) is 7. The highest BCUT2D eigenvalue weighted by molar-refractivity contribution is 5.98. The van der Waals surface area contributed by atoms with Crippen LogP contribution in [0.2, 0.25) is 0 Å². The molecule has 2 aromatic carbocycles. The van der Waals surface area contributed by atoms with Gasteiger partial charge in [-0.05, 0) is 76.1 Å². The molecule has 0 unspecified atom stereocenters. The van der Waals surface area contributed by atoms with E-state index in [-0.39, 0.29) is 36.2 Å². The number of rotatable bonds is 8. The Kier molecular flexibility index (Phi) is 12.0. The van der Waals surface area contributed by atoms with Crippen molar-refractivity contribution < 1.29 is 29.3 Å². The highest BCUT2D eigenvalue weighted by Gasteiger charge is 2.30. The predicted molar refractivity (Wildman–Crippen MR) is 161 cm³/mol. The summed E-state index contributed by atoms with van der Waals surface area (Å²) in [5, 5.41) is 19.3. The summed E-state index contributed by atoms with van der Waals surface area (Å²) in [5.74, 6) is -0.570. The molecule has 0 aromatic heterocycles. The van der Waals surface area contributed by atoms with Gasteiger partial charge in [-0.3, -0.25) is 9.69 Å². The summed E-state index contributed by atoms with van der Waals surface area (Å²) in [5.41, 5.74) is 2.67. The number of fused-ring (bicyclic) bond motifs is 1. The van der Waals surface area contributed by atoms with Crippen molar-refractivity contribution in [2.24, 2.45) is 5.92 Å². The number of carbonyl (C=O) groups is 2. The molecular weight excluding hydrogens is 522 g/mol. The van der Waals surface area contributed by atoms with Gasteiger partial charge in [0.25, 0.3) is 5.91 Å². The zero-order valence-corrected chi connectivity index (χ0v) is 25.4. The lowest BCUT2D eigenvalue weighted by molar-refractivity contribution is -0.0177. The molecule has 9 heteroatoms. The largest absolute Gasteiger partial charge is 0.490 e. The normalized spacial score (nSPS) is 21.5. The fourth-order valence-electron chi connectivity index (χ4n) is 5.09. The van der Waals surface area contributed by atoms with Crippen LogP contribution in [0.15, 0.2) is 42.5 Å². The van der Waals surface area contributed by atoms with Crippen LogP contribution in [0.1, 0.15) is 66.3 Å². The molecule has 0 saturated carbocycles. The summed E-state index contributed by atoms with van der Waals surface area (Å²) < 4.78 is 12.7. The number of carboxylic acid groups (broad SMARTS) is 1. The van der Waals surface area contributed by atoms with Gasteiger partial charge in [0.15, 0.2) is 0 Å². The SMILES string of the molecule is C[C@@H]1CCCCO[C@H](CN(C)Cc2ccc(C(=O)O)cc2)[C@@H](C)CN([C@@H](C)CO)C(=O)c2cc(N(C)C)ccc2O1. The van der Waals surface area contributed by atoms with Crippen molar-refractivity contribution in [2.45, 2.75) is 64.8 Å². The van der Waals surface area contributed by atoms with E-state index in [9.17, 15) is 19.8 Å². The molecule has 3 rings (SSSR count).